The van der Waals surface area contributed by atoms with Gasteiger partial charge < -0.3 is 14.7 Å². The van der Waals surface area contributed by atoms with Gasteiger partial charge in [-0.2, -0.15) is 0 Å². The largest absolute Gasteiger partial charge is 0.497 e. The lowest BCUT2D eigenvalue weighted by Gasteiger charge is -2.39. The van der Waals surface area contributed by atoms with Gasteiger partial charge in [0.2, 0.25) is 0 Å². The lowest BCUT2D eigenvalue weighted by molar-refractivity contribution is -0.137. The first-order chi connectivity index (χ1) is 18.0. The highest BCUT2D eigenvalue weighted by Gasteiger charge is 2.29. The molecule has 1 saturated heterocycles. The van der Waals surface area contributed by atoms with Gasteiger partial charge >= 0.3 is 5.97 Å². The minimum absolute atomic E-state index is 0.200. The second kappa shape index (κ2) is 13.8. The summed E-state index contributed by atoms with van der Waals surface area (Å²) in [7, 11) is 1.69. The average molecular weight is 525 g/mol. The van der Waals surface area contributed by atoms with E-state index in [1.807, 2.05) is 30.5 Å². The second-order valence-electron chi connectivity index (χ2n) is 9.94. The maximum absolute atomic E-state index is 13.1. The van der Waals surface area contributed by atoms with E-state index in [1.165, 1.54) is 17.7 Å². The molecule has 4 rings (SSSR count). The number of aliphatic carboxylic acids is 1. The molecule has 0 amide bonds. The average Bonchev–Trinajstić information content (AvgIpc) is 2.91. The number of hydrogen-bond acceptors (Lipinski definition) is 5. The van der Waals surface area contributed by atoms with Gasteiger partial charge in [-0.1, -0.05) is 0 Å². The van der Waals surface area contributed by atoms with Gasteiger partial charge in [0.05, 0.1) is 12.6 Å². The molecule has 1 aromatic heterocycles. The molecule has 0 spiro atoms. The van der Waals surface area contributed by atoms with Gasteiger partial charge in [-0.05, 0) is 123 Å². The number of ether oxygens (including phenoxy) is 1. The quantitative estimate of drug-likeness (QED) is 0.199. The van der Waals surface area contributed by atoms with E-state index < -0.39 is 5.97 Å². The molecule has 3 aromatic rings. The Balaban J connectivity index is 1.28. The molecule has 37 heavy (non-hydrogen) atoms. The number of hydrogen-bond donors (Lipinski definition) is 1. The number of nitrogens with zero attached hydrogens (tertiary/aromatic N) is 2. The molecular formula is C30H37FN2O3S. The number of fused-ring (bicyclic) bond motifs is 1. The van der Waals surface area contributed by atoms with Crippen LogP contribution in [0, 0.1) is 17.7 Å². The third-order valence-electron chi connectivity index (χ3n) is 7.47. The maximum atomic E-state index is 13.1. The Morgan fingerprint density at radius 2 is 1.97 bits per heavy atom. The van der Waals surface area contributed by atoms with Crippen molar-refractivity contribution in [1.29, 1.82) is 0 Å². The third kappa shape index (κ3) is 8.17. The Bertz CT molecular complexity index is 1160. The molecule has 2 heterocycles. The smallest absolute Gasteiger partial charge is 0.303 e. The molecule has 0 bridgehead atoms. The van der Waals surface area contributed by atoms with E-state index in [1.54, 1.807) is 18.9 Å². The summed E-state index contributed by atoms with van der Waals surface area (Å²) >= 11 is 1.76. The molecule has 0 saturated carbocycles. The number of thioether (sulfide) groups is 1. The van der Waals surface area contributed by atoms with Crippen molar-refractivity contribution in [3.63, 3.8) is 0 Å². The van der Waals surface area contributed by atoms with E-state index in [0.717, 1.165) is 85.5 Å². The topological polar surface area (TPSA) is 62.7 Å². The van der Waals surface area contributed by atoms with Crippen LogP contribution in [0.25, 0.3) is 10.9 Å². The molecule has 2 aromatic carbocycles. The normalized spacial score (nSPS) is 18.2. The highest BCUT2D eigenvalue weighted by molar-refractivity contribution is 7.99. The number of carboxylic acids is 1. The number of piperidine rings is 1. The van der Waals surface area contributed by atoms with Gasteiger partial charge in [-0.3, -0.25) is 9.78 Å². The first-order valence-corrected chi connectivity index (χ1v) is 14.2. The summed E-state index contributed by atoms with van der Waals surface area (Å²) in [5.74, 6) is 1.92. The first-order valence-electron chi connectivity index (χ1n) is 13.3. The van der Waals surface area contributed by atoms with Gasteiger partial charge in [0.1, 0.15) is 11.6 Å². The molecule has 1 aliphatic rings. The summed E-state index contributed by atoms with van der Waals surface area (Å²) in [5, 5.41) is 10.5. The van der Waals surface area contributed by atoms with Crippen molar-refractivity contribution in [2.24, 2.45) is 11.8 Å². The summed E-state index contributed by atoms with van der Waals surface area (Å²) in [5.41, 5.74) is 2.28. The molecule has 1 aliphatic heterocycles. The lowest BCUT2D eigenvalue weighted by Crippen LogP contribution is -2.41. The van der Waals surface area contributed by atoms with Crippen LogP contribution in [0.1, 0.15) is 44.1 Å². The fourth-order valence-electron chi connectivity index (χ4n) is 5.47. The number of carboxylic acid groups (broad SMARTS) is 1. The van der Waals surface area contributed by atoms with Crippen LogP contribution < -0.4 is 4.74 Å². The maximum Gasteiger partial charge on any atom is 0.303 e. The van der Waals surface area contributed by atoms with Crippen LogP contribution in [-0.2, 0) is 11.2 Å². The molecule has 1 N–H and O–H groups in total. The van der Waals surface area contributed by atoms with Crippen LogP contribution in [0.2, 0.25) is 0 Å². The molecule has 0 aliphatic carbocycles. The van der Waals surface area contributed by atoms with E-state index in [4.69, 9.17) is 4.74 Å². The number of benzene rings is 2. The molecule has 2 unspecified atom stereocenters. The van der Waals surface area contributed by atoms with Gasteiger partial charge in [-0.15, -0.1) is 11.8 Å². The van der Waals surface area contributed by atoms with Crippen molar-refractivity contribution in [2.75, 3.05) is 32.5 Å². The fourth-order valence-corrected chi connectivity index (χ4v) is 6.30. The van der Waals surface area contributed by atoms with Crippen molar-refractivity contribution >= 4 is 28.6 Å². The Labute approximate surface area is 223 Å². The van der Waals surface area contributed by atoms with Crippen LogP contribution in [-0.4, -0.2) is 53.5 Å². The summed E-state index contributed by atoms with van der Waals surface area (Å²) < 4.78 is 18.5. The van der Waals surface area contributed by atoms with Gasteiger partial charge in [-0.25, -0.2) is 4.39 Å². The number of aromatic nitrogens is 1. The minimum atomic E-state index is -0.705. The molecule has 5 nitrogen and oxygen atoms in total. The van der Waals surface area contributed by atoms with E-state index in [2.05, 4.69) is 22.0 Å². The Morgan fingerprint density at radius 3 is 2.76 bits per heavy atom. The Hall–Kier alpha value is -2.64. The van der Waals surface area contributed by atoms with Crippen molar-refractivity contribution in [2.45, 2.75) is 49.8 Å². The summed E-state index contributed by atoms with van der Waals surface area (Å²) in [6.45, 7) is 3.08. The van der Waals surface area contributed by atoms with E-state index in [0.29, 0.717) is 11.8 Å². The zero-order valence-corrected chi connectivity index (χ0v) is 22.4. The zero-order chi connectivity index (χ0) is 26.0. The van der Waals surface area contributed by atoms with E-state index >= 15 is 0 Å². The predicted octanol–water partition coefficient (Wildman–Crippen LogP) is 6.69. The molecule has 198 valence electrons. The number of rotatable bonds is 13. The Kier molecular flexibility index (Phi) is 10.2. The molecule has 2 atom stereocenters. The van der Waals surface area contributed by atoms with Crippen LogP contribution in [0.4, 0.5) is 4.39 Å². The Morgan fingerprint density at radius 1 is 1.14 bits per heavy atom. The minimum Gasteiger partial charge on any atom is -0.497 e. The van der Waals surface area contributed by atoms with Crippen molar-refractivity contribution in [3.8, 4) is 5.75 Å². The second-order valence-corrected chi connectivity index (χ2v) is 11.1. The number of halogens is 1. The number of carbonyl (C=O) groups is 1. The summed E-state index contributed by atoms with van der Waals surface area (Å²) in [6.07, 6.45) is 8.24. The zero-order valence-electron chi connectivity index (χ0n) is 21.6. The number of aryl methyl sites for hydroxylation is 1. The van der Waals surface area contributed by atoms with Crippen LogP contribution in [0.5, 0.6) is 5.75 Å². The summed E-state index contributed by atoms with van der Waals surface area (Å²) in [6, 6.07) is 14.8. The number of pyridine rings is 1. The number of likely N-dealkylation sites (tertiary alicyclic amines) is 1. The van der Waals surface area contributed by atoms with Crippen LogP contribution >= 0.6 is 11.8 Å². The first kappa shape index (κ1) is 27.4. The van der Waals surface area contributed by atoms with E-state index in [9.17, 15) is 14.3 Å². The molecule has 0 radical (unpaired) electrons. The predicted molar refractivity (Wildman–Crippen MR) is 148 cm³/mol. The van der Waals surface area contributed by atoms with Crippen molar-refractivity contribution < 1.29 is 19.0 Å². The summed E-state index contributed by atoms with van der Waals surface area (Å²) in [4.78, 5) is 19.4. The highest BCUT2D eigenvalue weighted by atomic mass is 32.2. The molecule has 1 fully saturated rings. The lowest BCUT2D eigenvalue weighted by atomic mass is 9.79. The fraction of sp³-hybridized carbons (Fsp3) is 0.467. The number of methoxy groups -OCH3 is 1. The standard InChI is InChI=1S/C30H37FN2O3S/c1-36-26-9-12-29-28(20-26)23(14-16-32-29)5-2-4-22-15-18-33(21-24(22)6-13-30(34)35)17-3-19-37-27-10-7-25(31)8-11-27/h7-12,14,16,20,22,24H,2-6,13,15,17-19,21H2,1H3,(H,34,35). The third-order valence-corrected chi connectivity index (χ3v) is 8.56. The van der Waals surface area contributed by atoms with Crippen molar-refractivity contribution in [1.82, 2.24) is 9.88 Å². The SMILES string of the molecule is COc1ccc2nccc(CCCC3CCN(CCCSc4ccc(F)cc4)CC3CCC(=O)O)c2c1. The van der Waals surface area contributed by atoms with Gasteiger partial charge in [0.25, 0.3) is 0 Å². The van der Waals surface area contributed by atoms with Gasteiger partial charge in [0, 0.05) is 29.4 Å². The monoisotopic (exact) mass is 524 g/mol. The molecular weight excluding hydrogens is 487 g/mol. The molecule has 7 heteroatoms. The van der Waals surface area contributed by atoms with E-state index in [-0.39, 0.29) is 12.2 Å². The van der Waals surface area contributed by atoms with Crippen LogP contribution in [0.3, 0.4) is 0 Å². The van der Waals surface area contributed by atoms with Gasteiger partial charge in [0.15, 0.2) is 0 Å². The van der Waals surface area contributed by atoms with Crippen molar-refractivity contribution in [3.05, 3.63) is 66.1 Å². The highest BCUT2D eigenvalue weighted by Crippen LogP contribution is 2.32. The van der Waals surface area contributed by atoms with Crippen LogP contribution in [0.15, 0.2) is 59.6 Å².